The van der Waals surface area contributed by atoms with Gasteiger partial charge in [0.05, 0.1) is 6.61 Å². The summed E-state index contributed by atoms with van der Waals surface area (Å²) >= 11 is 0. The van der Waals surface area contributed by atoms with Crippen LogP contribution in [0.2, 0.25) is 0 Å². The zero-order valence-electron chi connectivity index (χ0n) is 9.26. The Balaban J connectivity index is 2.70. The van der Waals surface area contributed by atoms with Gasteiger partial charge in [0.1, 0.15) is 5.82 Å². The van der Waals surface area contributed by atoms with E-state index in [9.17, 15) is 4.39 Å². The number of nitrogens with one attached hydrogen (secondary N) is 1. The highest BCUT2D eigenvalue weighted by atomic mass is 19.1. The van der Waals surface area contributed by atoms with E-state index in [2.05, 4.69) is 5.32 Å². The monoisotopic (exact) mass is 211 g/mol. The van der Waals surface area contributed by atoms with E-state index in [0.29, 0.717) is 13.1 Å². The predicted octanol–water partition coefficient (Wildman–Crippen LogP) is 2.03. The van der Waals surface area contributed by atoms with Gasteiger partial charge in [-0.1, -0.05) is 26.0 Å². The lowest BCUT2D eigenvalue weighted by Crippen LogP contribution is -2.17. The summed E-state index contributed by atoms with van der Waals surface area (Å²) in [6, 6.07) is 5.15. The van der Waals surface area contributed by atoms with Gasteiger partial charge in [0.25, 0.3) is 0 Å². The van der Waals surface area contributed by atoms with Gasteiger partial charge in [-0.25, -0.2) is 4.39 Å². The highest BCUT2D eigenvalue weighted by Gasteiger charge is 2.06. The first-order chi connectivity index (χ1) is 7.15. The number of hydrogen-bond donors (Lipinski definition) is 2. The van der Waals surface area contributed by atoms with Crippen molar-refractivity contribution in [2.75, 3.05) is 13.2 Å². The van der Waals surface area contributed by atoms with Crippen molar-refractivity contribution in [3.05, 3.63) is 35.1 Å². The quantitative estimate of drug-likeness (QED) is 0.730. The van der Waals surface area contributed by atoms with Crippen LogP contribution >= 0.6 is 0 Å². The first kappa shape index (κ1) is 12.1. The molecule has 0 fully saturated rings. The summed E-state index contributed by atoms with van der Waals surface area (Å²) in [4.78, 5) is 0. The average molecular weight is 211 g/mol. The fourth-order valence-corrected chi connectivity index (χ4v) is 1.46. The molecule has 3 heteroatoms. The third-order valence-electron chi connectivity index (χ3n) is 2.30. The first-order valence-electron chi connectivity index (χ1n) is 5.25. The average Bonchev–Trinajstić information content (AvgIpc) is 2.20. The van der Waals surface area contributed by atoms with Crippen LogP contribution in [0.5, 0.6) is 0 Å². The van der Waals surface area contributed by atoms with Crippen molar-refractivity contribution in [1.29, 1.82) is 0 Å². The minimum atomic E-state index is -0.143. The maximum absolute atomic E-state index is 13.3. The SMILES string of the molecule is CC(C)c1cc(CNCCO)ccc1F. The topological polar surface area (TPSA) is 32.3 Å². The molecule has 0 radical (unpaired) electrons. The number of rotatable bonds is 5. The van der Waals surface area contributed by atoms with Crippen molar-refractivity contribution < 1.29 is 9.50 Å². The predicted molar refractivity (Wildman–Crippen MR) is 59.3 cm³/mol. The number of aliphatic hydroxyl groups excluding tert-OH is 1. The molecule has 84 valence electrons. The molecule has 1 rings (SSSR count). The van der Waals surface area contributed by atoms with Gasteiger partial charge in [-0.2, -0.15) is 0 Å². The summed E-state index contributed by atoms with van der Waals surface area (Å²) < 4.78 is 13.3. The Morgan fingerprint density at radius 1 is 1.40 bits per heavy atom. The Morgan fingerprint density at radius 3 is 2.73 bits per heavy atom. The van der Waals surface area contributed by atoms with Gasteiger partial charge in [0.2, 0.25) is 0 Å². The van der Waals surface area contributed by atoms with Crippen LogP contribution in [0.4, 0.5) is 4.39 Å². The van der Waals surface area contributed by atoms with Gasteiger partial charge in [0, 0.05) is 13.1 Å². The molecule has 1 aromatic rings. The molecule has 0 atom stereocenters. The van der Waals surface area contributed by atoms with Gasteiger partial charge in [-0.3, -0.25) is 0 Å². The van der Waals surface area contributed by atoms with Gasteiger partial charge in [-0.15, -0.1) is 0 Å². The molecule has 0 saturated carbocycles. The summed E-state index contributed by atoms with van der Waals surface area (Å²) in [5.41, 5.74) is 1.80. The molecule has 1 aromatic carbocycles. The van der Waals surface area contributed by atoms with E-state index in [1.54, 1.807) is 6.07 Å². The zero-order chi connectivity index (χ0) is 11.3. The van der Waals surface area contributed by atoms with Gasteiger partial charge >= 0.3 is 0 Å². The molecule has 2 N–H and O–H groups in total. The van der Waals surface area contributed by atoms with Crippen molar-refractivity contribution in [1.82, 2.24) is 5.32 Å². The molecular weight excluding hydrogens is 193 g/mol. The van der Waals surface area contributed by atoms with Crippen LogP contribution in [-0.2, 0) is 6.54 Å². The van der Waals surface area contributed by atoms with E-state index in [0.717, 1.165) is 11.1 Å². The Kier molecular flexibility index (Phi) is 4.72. The molecule has 0 aliphatic rings. The molecule has 0 aromatic heterocycles. The maximum Gasteiger partial charge on any atom is 0.126 e. The second-order valence-corrected chi connectivity index (χ2v) is 3.91. The lowest BCUT2D eigenvalue weighted by Gasteiger charge is -2.10. The van der Waals surface area contributed by atoms with Crippen molar-refractivity contribution >= 4 is 0 Å². The van der Waals surface area contributed by atoms with E-state index in [4.69, 9.17) is 5.11 Å². The standard InChI is InChI=1S/C12H18FNO/c1-9(2)11-7-10(3-4-12(11)13)8-14-5-6-15/h3-4,7,9,14-15H,5-6,8H2,1-2H3. The second kappa shape index (κ2) is 5.83. The Bertz CT molecular complexity index is 312. The zero-order valence-corrected chi connectivity index (χ0v) is 9.26. The van der Waals surface area contributed by atoms with Crippen LogP contribution < -0.4 is 5.32 Å². The molecule has 0 aliphatic heterocycles. The van der Waals surface area contributed by atoms with Gasteiger partial charge < -0.3 is 10.4 Å². The van der Waals surface area contributed by atoms with Crippen molar-refractivity contribution in [3.63, 3.8) is 0 Å². The second-order valence-electron chi connectivity index (χ2n) is 3.91. The van der Waals surface area contributed by atoms with Crippen LogP contribution in [-0.4, -0.2) is 18.3 Å². The van der Waals surface area contributed by atoms with Crippen molar-refractivity contribution in [2.45, 2.75) is 26.3 Å². The minimum Gasteiger partial charge on any atom is -0.395 e. The number of aliphatic hydroxyl groups is 1. The van der Waals surface area contributed by atoms with E-state index in [1.807, 2.05) is 19.9 Å². The third kappa shape index (κ3) is 3.61. The van der Waals surface area contributed by atoms with Gasteiger partial charge in [0.15, 0.2) is 0 Å². The number of hydrogen-bond acceptors (Lipinski definition) is 2. The molecular formula is C12H18FNO. The third-order valence-corrected chi connectivity index (χ3v) is 2.30. The van der Waals surface area contributed by atoms with E-state index in [1.165, 1.54) is 6.07 Å². The van der Waals surface area contributed by atoms with Crippen LogP contribution in [0.15, 0.2) is 18.2 Å². The van der Waals surface area contributed by atoms with Crippen molar-refractivity contribution in [3.8, 4) is 0 Å². The van der Waals surface area contributed by atoms with Crippen LogP contribution in [0, 0.1) is 5.82 Å². The summed E-state index contributed by atoms with van der Waals surface area (Å²) in [6.45, 7) is 5.31. The number of benzene rings is 1. The summed E-state index contributed by atoms with van der Waals surface area (Å²) in [5.74, 6) is 0.0544. The highest BCUT2D eigenvalue weighted by molar-refractivity contribution is 5.27. The molecule has 0 spiro atoms. The summed E-state index contributed by atoms with van der Waals surface area (Å²) in [6.07, 6.45) is 0. The Morgan fingerprint density at radius 2 is 2.13 bits per heavy atom. The molecule has 0 aliphatic carbocycles. The Labute approximate surface area is 90.1 Å². The van der Waals surface area contributed by atoms with E-state index >= 15 is 0 Å². The molecule has 2 nitrogen and oxygen atoms in total. The maximum atomic E-state index is 13.3. The largest absolute Gasteiger partial charge is 0.395 e. The highest BCUT2D eigenvalue weighted by Crippen LogP contribution is 2.19. The smallest absolute Gasteiger partial charge is 0.126 e. The number of halogens is 1. The summed E-state index contributed by atoms with van der Waals surface area (Å²) in [5, 5.41) is 11.7. The molecule has 0 saturated heterocycles. The molecule has 0 amide bonds. The van der Waals surface area contributed by atoms with E-state index in [-0.39, 0.29) is 18.3 Å². The normalized spacial score (nSPS) is 11.0. The van der Waals surface area contributed by atoms with Crippen molar-refractivity contribution in [2.24, 2.45) is 0 Å². The van der Waals surface area contributed by atoms with Crippen LogP contribution in [0.25, 0.3) is 0 Å². The van der Waals surface area contributed by atoms with Crippen LogP contribution in [0.3, 0.4) is 0 Å². The molecule has 0 heterocycles. The molecule has 15 heavy (non-hydrogen) atoms. The fraction of sp³-hybridized carbons (Fsp3) is 0.500. The van der Waals surface area contributed by atoms with Crippen LogP contribution in [0.1, 0.15) is 30.9 Å². The Hall–Kier alpha value is -0.930. The lowest BCUT2D eigenvalue weighted by atomic mass is 10.00. The lowest BCUT2D eigenvalue weighted by molar-refractivity contribution is 0.292. The minimum absolute atomic E-state index is 0.123. The summed E-state index contributed by atoms with van der Waals surface area (Å²) in [7, 11) is 0. The van der Waals surface area contributed by atoms with Gasteiger partial charge in [-0.05, 0) is 23.1 Å². The fourth-order valence-electron chi connectivity index (χ4n) is 1.46. The molecule has 0 unspecified atom stereocenters. The first-order valence-corrected chi connectivity index (χ1v) is 5.25. The molecule has 0 bridgehead atoms. The van der Waals surface area contributed by atoms with E-state index < -0.39 is 0 Å².